The van der Waals surface area contributed by atoms with Crippen LogP contribution in [0.3, 0.4) is 0 Å². The van der Waals surface area contributed by atoms with Crippen LogP contribution in [0.25, 0.3) is 0 Å². The second-order valence-electron chi connectivity index (χ2n) is 20.9. The highest BCUT2D eigenvalue weighted by atomic mass is 16.6. The number of esters is 3. The molecule has 0 aliphatic rings. The topological polar surface area (TPSA) is 78.9 Å². The van der Waals surface area contributed by atoms with Crippen molar-refractivity contribution in [3.63, 3.8) is 0 Å². The molecule has 418 valence electrons. The molecule has 6 heteroatoms. The Hall–Kier alpha value is -2.89. The van der Waals surface area contributed by atoms with Gasteiger partial charge in [-0.3, -0.25) is 14.4 Å². The van der Waals surface area contributed by atoms with Gasteiger partial charge in [0.1, 0.15) is 13.2 Å². The molecule has 0 spiro atoms. The third-order valence-corrected chi connectivity index (χ3v) is 13.8. The first-order valence-corrected chi connectivity index (χ1v) is 31.3. The van der Waals surface area contributed by atoms with Gasteiger partial charge in [-0.2, -0.15) is 0 Å². The van der Waals surface area contributed by atoms with Crippen molar-refractivity contribution >= 4 is 17.9 Å². The molecule has 0 aromatic rings. The monoisotopic (exact) mass is 1010 g/mol. The summed E-state index contributed by atoms with van der Waals surface area (Å²) in [5.74, 6) is -0.898. The molecule has 0 rings (SSSR count). The van der Waals surface area contributed by atoms with Gasteiger partial charge in [0.05, 0.1) is 0 Å². The number of ether oxygens (including phenoxy) is 3. The first kappa shape index (κ1) is 69.1. The van der Waals surface area contributed by atoms with Crippen molar-refractivity contribution in [3.05, 3.63) is 60.8 Å². The van der Waals surface area contributed by atoms with Crippen molar-refractivity contribution < 1.29 is 28.6 Å². The van der Waals surface area contributed by atoms with Gasteiger partial charge in [0.25, 0.3) is 0 Å². The lowest BCUT2D eigenvalue weighted by Crippen LogP contribution is -2.30. The van der Waals surface area contributed by atoms with E-state index in [2.05, 4.69) is 81.5 Å². The molecule has 0 aliphatic heterocycles. The van der Waals surface area contributed by atoms with Crippen LogP contribution in [0.15, 0.2) is 60.8 Å². The minimum atomic E-state index is -0.786. The first-order chi connectivity index (χ1) is 35.5. The van der Waals surface area contributed by atoms with Crippen LogP contribution in [0.5, 0.6) is 0 Å². The lowest BCUT2D eigenvalue weighted by Gasteiger charge is -2.18. The van der Waals surface area contributed by atoms with E-state index in [1.54, 1.807) is 0 Å². The number of carbonyl (C=O) groups is 3. The summed E-state index contributed by atoms with van der Waals surface area (Å²) in [6.45, 7) is 6.52. The average molecular weight is 1010 g/mol. The largest absolute Gasteiger partial charge is 0.462 e. The van der Waals surface area contributed by atoms with Gasteiger partial charge in [-0.15, -0.1) is 0 Å². The quantitative estimate of drug-likeness (QED) is 0.0261. The molecule has 0 heterocycles. The first-order valence-electron chi connectivity index (χ1n) is 31.3. The van der Waals surface area contributed by atoms with Gasteiger partial charge >= 0.3 is 17.9 Å². The predicted octanol–water partition coefficient (Wildman–Crippen LogP) is 21.2. The minimum absolute atomic E-state index is 0.0823. The normalized spacial score (nSPS) is 12.4. The van der Waals surface area contributed by atoms with Crippen molar-refractivity contribution in [2.45, 2.75) is 329 Å². The smallest absolute Gasteiger partial charge is 0.306 e. The summed E-state index contributed by atoms with van der Waals surface area (Å²) in [6.07, 6.45) is 76.7. The number of unbranched alkanes of at least 4 members (excludes halogenated alkanes) is 36. The Bertz CT molecular complexity index is 1290. The summed E-state index contributed by atoms with van der Waals surface area (Å²) in [6, 6.07) is 0. The van der Waals surface area contributed by atoms with E-state index in [0.717, 1.165) is 89.9 Å². The van der Waals surface area contributed by atoms with E-state index in [1.807, 2.05) is 0 Å². The highest BCUT2D eigenvalue weighted by molar-refractivity contribution is 5.71. The Balaban J connectivity index is 4.15. The fourth-order valence-corrected chi connectivity index (χ4v) is 9.08. The van der Waals surface area contributed by atoms with Crippen molar-refractivity contribution in [3.8, 4) is 0 Å². The molecule has 1 unspecified atom stereocenters. The molecule has 0 radical (unpaired) electrons. The van der Waals surface area contributed by atoms with Crippen LogP contribution in [0.4, 0.5) is 0 Å². The van der Waals surface area contributed by atoms with Crippen LogP contribution in [0.2, 0.25) is 0 Å². The van der Waals surface area contributed by atoms with Gasteiger partial charge in [-0.25, -0.2) is 0 Å². The van der Waals surface area contributed by atoms with Crippen LogP contribution < -0.4 is 0 Å². The predicted molar refractivity (Wildman–Crippen MR) is 312 cm³/mol. The maximum absolute atomic E-state index is 12.8. The van der Waals surface area contributed by atoms with Crippen molar-refractivity contribution in [2.75, 3.05) is 13.2 Å². The Morgan fingerprint density at radius 3 is 0.861 bits per heavy atom. The van der Waals surface area contributed by atoms with Gasteiger partial charge in [-0.05, 0) is 83.5 Å². The number of allylic oxidation sites excluding steroid dienone is 10. The summed E-state index contributed by atoms with van der Waals surface area (Å²) in [4.78, 5) is 38.1. The summed E-state index contributed by atoms with van der Waals surface area (Å²) in [7, 11) is 0. The van der Waals surface area contributed by atoms with Gasteiger partial charge in [0.2, 0.25) is 0 Å². The van der Waals surface area contributed by atoms with Crippen molar-refractivity contribution in [1.82, 2.24) is 0 Å². The van der Waals surface area contributed by atoms with Gasteiger partial charge < -0.3 is 14.2 Å². The van der Waals surface area contributed by atoms with E-state index < -0.39 is 6.10 Å². The lowest BCUT2D eigenvalue weighted by atomic mass is 10.0. The summed E-state index contributed by atoms with van der Waals surface area (Å²) in [5, 5.41) is 0. The van der Waals surface area contributed by atoms with Crippen LogP contribution >= 0.6 is 0 Å². The Kier molecular flexibility index (Phi) is 58.2. The molecule has 0 saturated carbocycles. The molecular formula is C66H118O6. The van der Waals surface area contributed by atoms with E-state index in [1.165, 1.54) is 193 Å². The Morgan fingerprint density at radius 1 is 0.292 bits per heavy atom. The number of hydrogen-bond acceptors (Lipinski definition) is 6. The Morgan fingerprint density at radius 2 is 0.542 bits per heavy atom. The highest BCUT2D eigenvalue weighted by Gasteiger charge is 2.19. The van der Waals surface area contributed by atoms with Crippen molar-refractivity contribution in [1.29, 1.82) is 0 Å². The van der Waals surface area contributed by atoms with Gasteiger partial charge in [0, 0.05) is 19.3 Å². The maximum atomic E-state index is 12.8. The summed E-state index contributed by atoms with van der Waals surface area (Å²) < 4.78 is 16.8. The second kappa shape index (κ2) is 60.7. The molecule has 0 fully saturated rings. The van der Waals surface area contributed by atoms with Crippen LogP contribution in [-0.2, 0) is 28.6 Å². The summed E-state index contributed by atoms with van der Waals surface area (Å²) >= 11 is 0. The minimum Gasteiger partial charge on any atom is -0.462 e. The van der Waals surface area contributed by atoms with Crippen molar-refractivity contribution in [2.24, 2.45) is 0 Å². The van der Waals surface area contributed by atoms with Crippen LogP contribution in [-0.4, -0.2) is 37.2 Å². The van der Waals surface area contributed by atoms with Gasteiger partial charge in [-0.1, -0.05) is 281 Å². The standard InChI is InChI=1S/C66H118O6/c1-4-7-10-13-16-19-22-25-26-27-28-29-30-31-32-33-34-35-36-37-38-39-40-42-44-47-50-53-56-59-65(68)71-62-63(61-70-64(67)58-55-52-49-46-43-24-21-18-15-12-9-6-3)72-66(69)60-57-54-51-48-45-41-23-20-17-14-11-8-5-2/h8,11,17,20,22,25,27-28,41,45,63H,4-7,9-10,12-16,18-19,21,23-24,26,29-40,42-44,46-62H2,1-3H3/b11-8-,20-17-,25-22-,28-27-,45-41-. The molecular weight excluding hydrogens is 889 g/mol. The van der Waals surface area contributed by atoms with Gasteiger partial charge in [0.15, 0.2) is 6.10 Å². The molecule has 0 aromatic heterocycles. The molecule has 0 N–H and O–H groups in total. The zero-order valence-electron chi connectivity index (χ0n) is 47.9. The fraction of sp³-hybridized carbons (Fsp3) is 0.803. The summed E-state index contributed by atoms with van der Waals surface area (Å²) in [5.41, 5.74) is 0. The molecule has 72 heavy (non-hydrogen) atoms. The molecule has 1 atom stereocenters. The molecule has 6 nitrogen and oxygen atoms in total. The van der Waals surface area contributed by atoms with Crippen LogP contribution in [0.1, 0.15) is 323 Å². The third kappa shape index (κ3) is 58.0. The molecule has 0 bridgehead atoms. The van der Waals surface area contributed by atoms with E-state index >= 15 is 0 Å². The van der Waals surface area contributed by atoms with Crippen LogP contribution in [0, 0.1) is 0 Å². The number of carbonyl (C=O) groups excluding carboxylic acids is 3. The Labute approximate surface area is 447 Å². The molecule has 0 amide bonds. The SMILES string of the molecule is CC/C=C\C/C=C\C/C=C\CCCCCC(=O)OC(COC(=O)CCCCCCCCCCCCCC)COC(=O)CCCCCCCCCCCCCCCCCCC/C=C\C/C=C\CCCCCCC. The molecule has 0 aliphatic carbocycles. The maximum Gasteiger partial charge on any atom is 0.306 e. The van der Waals surface area contributed by atoms with E-state index in [4.69, 9.17) is 14.2 Å². The highest BCUT2D eigenvalue weighted by Crippen LogP contribution is 2.17. The zero-order valence-corrected chi connectivity index (χ0v) is 47.9. The van der Waals surface area contributed by atoms with E-state index in [-0.39, 0.29) is 31.1 Å². The second-order valence-corrected chi connectivity index (χ2v) is 20.9. The third-order valence-electron chi connectivity index (χ3n) is 13.8. The average Bonchev–Trinajstić information content (AvgIpc) is 3.38. The zero-order chi connectivity index (χ0) is 52.2. The number of hydrogen-bond donors (Lipinski definition) is 0. The van der Waals surface area contributed by atoms with E-state index in [0.29, 0.717) is 19.3 Å². The molecule has 0 aromatic carbocycles. The van der Waals surface area contributed by atoms with E-state index in [9.17, 15) is 14.4 Å². The molecule has 0 saturated heterocycles. The number of rotatable bonds is 57. The lowest BCUT2D eigenvalue weighted by molar-refractivity contribution is -0.167. The fourth-order valence-electron chi connectivity index (χ4n) is 9.08.